The first-order chi connectivity index (χ1) is 19.9. The summed E-state index contributed by atoms with van der Waals surface area (Å²) in [7, 11) is 0. The van der Waals surface area contributed by atoms with Gasteiger partial charge in [-0.15, -0.1) is 0 Å². The fourth-order valence-corrected chi connectivity index (χ4v) is 5.17. The third-order valence-electron chi connectivity index (χ3n) is 7.32. The summed E-state index contributed by atoms with van der Waals surface area (Å²) >= 11 is 0. The number of ketones is 3. The van der Waals surface area contributed by atoms with Crippen LogP contribution in [-0.4, -0.2) is 116 Å². The number of nitrogens with zero attached hydrogens (tertiary/aromatic N) is 2. The molecule has 2 aliphatic rings. The van der Waals surface area contributed by atoms with E-state index in [4.69, 9.17) is 14.6 Å². The van der Waals surface area contributed by atoms with Gasteiger partial charge in [0, 0.05) is 24.5 Å². The summed E-state index contributed by atoms with van der Waals surface area (Å²) in [5, 5.41) is 59.6. The molecule has 0 aromatic carbocycles. The third-order valence-corrected chi connectivity index (χ3v) is 7.32. The van der Waals surface area contributed by atoms with Crippen molar-refractivity contribution in [3.05, 3.63) is 66.2 Å². The van der Waals surface area contributed by atoms with Gasteiger partial charge < -0.3 is 40.1 Å². The molecule has 2 aliphatic heterocycles. The number of Topliss-reactive ketones (excluding diaryl/α,β-unsaturated/α-hetero) is 3. The van der Waals surface area contributed by atoms with E-state index in [0.717, 1.165) is 49.9 Å². The average molecular weight is 615 g/mol. The van der Waals surface area contributed by atoms with Crippen molar-refractivity contribution in [3.8, 4) is 0 Å². The minimum atomic E-state index is -3.26. The zero-order chi connectivity index (χ0) is 32.7. The molecule has 0 amide bonds. The SMILES string of the molecule is CC(=O)[C@@]1(O)[C@@](O)(C(C)=O)[C@@H](CO)O[C@@]1(C(C)=O)n1ccc(=O)[nH]c1=O.O=c1ccn([C@@H]2O[C@H](CO)[C@@H](O)[C@H]2O)c(=O)[nH]1. The van der Waals surface area contributed by atoms with E-state index in [2.05, 4.69) is 0 Å². The topological polar surface area (TPSA) is 301 Å². The van der Waals surface area contributed by atoms with Crippen LogP contribution in [0.25, 0.3) is 0 Å². The maximum atomic E-state index is 12.5. The van der Waals surface area contributed by atoms with Crippen molar-refractivity contribution in [3.63, 3.8) is 0 Å². The van der Waals surface area contributed by atoms with Crippen molar-refractivity contribution in [2.75, 3.05) is 13.2 Å². The molecular formula is C24H30N4O15. The molecule has 8 atom stereocenters. The van der Waals surface area contributed by atoms with Crippen LogP contribution in [0, 0.1) is 0 Å². The second-order valence-corrected chi connectivity index (χ2v) is 9.80. The van der Waals surface area contributed by atoms with Crippen molar-refractivity contribution < 1.29 is 54.5 Å². The minimum absolute atomic E-state index is 0.404. The van der Waals surface area contributed by atoms with Crippen LogP contribution in [0.15, 0.2) is 43.7 Å². The highest BCUT2D eigenvalue weighted by Crippen LogP contribution is 2.51. The van der Waals surface area contributed by atoms with E-state index >= 15 is 0 Å². The van der Waals surface area contributed by atoms with Gasteiger partial charge in [0.1, 0.15) is 24.4 Å². The summed E-state index contributed by atoms with van der Waals surface area (Å²) in [6.07, 6.45) is -4.71. The number of rotatable bonds is 7. The molecule has 2 aromatic heterocycles. The molecule has 4 rings (SSSR count). The van der Waals surface area contributed by atoms with Crippen LogP contribution < -0.4 is 22.5 Å². The van der Waals surface area contributed by atoms with Crippen LogP contribution in [0.1, 0.15) is 27.0 Å². The molecule has 0 aliphatic carbocycles. The molecule has 0 saturated carbocycles. The normalized spacial score (nSPS) is 33.5. The van der Waals surface area contributed by atoms with Crippen LogP contribution >= 0.6 is 0 Å². The molecule has 0 spiro atoms. The number of H-pyrrole nitrogens is 2. The first-order valence-electron chi connectivity index (χ1n) is 12.5. The number of hydrogen-bond acceptors (Lipinski definition) is 15. The van der Waals surface area contributed by atoms with E-state index in [9.17, 15) is 59.1 Å². The molecule has 8 N–H and O–H groups in total. The Balaban J connectivity index is 0.000000257. The summed E-state index contributed by atoms with van der Waals surface area (Å²) in [5.41, 5.74) is -12.6. The molecule has 19 heteroatoms. The molecule has 0 unspecified atom stereocenters. The van der Waals surface area contributed by atoms with E-state index in [1.165, 1.54) is 0 Å². The van der Waals surface area contributed by atoms with Crippen molar-refractivity contribution in [1.29, 1.82) is 0 Å². The number of aliphatic hydroxyl groups is 6. The van der Waals surface area contributed by atoms with E-state index in [0.29, 0.717) is 4.57 Å². The first kappa shape index (κ1) is 33.6. The van der Waals surface area contributed by atoms with Gasteiger partial charge in [0.15, 0.2) is 29.2 Å². The molecule has 0 radical (unpaired) electrons. The summed E-state index contributed by atoms with van der Waals surface area (Å²) in [6.45, 7) is 0.925. The third kappa shape index (κ3) is 5.04. The van der Waals surface area contributed by atoms with Gasteiger partial charge in [-0.3, -0.25) is 43.1 Å². The number of aromatic nitrogens is 4. The van der Waals surface area contributed by atoms with Gasteiger partial charge in [-0.2, -0.15) is 0 Å². The summed E-state index contributed by atoms with van der Waals surface area (Å²) in [5.74, 6) is -3.56. The number of aromatic amines is 2. The monoisotopic (exact) mass is 614 g/mol. The number of ether oxygens (including phenoxy) is 2. The van der Waals surface area contributed by atoms with E-state index in [1.807, 2.05) is 9.97 Å². The van der Waals surface area contributed by atoms with Gasteiger partial charge in [0.25, 0.3) is 11.1 Å². The Bertz CT molecular complexity index is 1640. The maximum absolute atomic E-state index is 12.5. The molecule has 4 heterocycles. The average Bonchev–Trinajstić information content (AvgIpc) is 3.33. The Morgan fingerprint density at radius 3 is 1.81 bits per heavy atom. The van der Waals surface area contributed by atoms with E-state index < -0.39 is 101 Å². The summed E-state index contributed by atoms with van der Waals surface area (Å²) < 4.78 is 11.8. The van der Waals surface area contributed by atoms with Crippen molar-refractivity contribution in [2.24, 2.45) is 0 Å². The fraction of sp³-hybridized carbons (Fsp3) is 0.542. The van der Waals surface area contributed by atoms with Crippen LogP contribution in [0.5, 0.6) is 0 Å². The highest BCUT2D eigenvalue weighted by atomic mass is 16.6. The molecule has 19 nitrogen and oxygen atoms in total. The molecule has 2 fully saturated rings. The lowest BCUT2D eigenvalue weighted by Gasteiger charge is -2.42. The number of carbonyl (C=O) groups is 3. The number of nitrogens with one attached hydrogen (secondary N) is 2. The summed E-state index contributed by atoms with van der Waals surface area (Å²) in [6, 6.07) is 1.91. The molecule has 236 valence electrons. The second kappa shape index (κ2) is 12.0. The Morgan fingerprint density at radius 1 is 0.837 bits per heavy atom. The second-order valence-electron chi connectivity index (χ2n) is 9.80. The fourth-order valence-electron chi connectivity index (χ4n) is 5.17. The maximum Gasteiger partial charge on any atom is 0.331 e. The quantitative estimate of drug-likeness (QED) is 0.144. The van der Waals surface area contributed by atoms with Gasteiger partial charge in [-0.25, -0.2) is 9.59 Å². The van der Waals surface area contributed by atoms with Crippen molar-refractivity contribution in [1.82, 2.24) is 19.1 Å². The van der Waals surface area contributed by atoms with E-state index in [-0.39, 0.29) is 0 Å². The minimum Gasteiger partial charge on any atom is -0.394 e. The highest BCUT2D eigenvalue weighted by Gasteiger charge is 2.80. The van der Waals surface area contributed by atoms with Gasteiger partial charge in [-0.1, -0.05) is 0 Å². The van der Waals surface area contributed by atoms with Gasteiger partial charge in [0.2, 0.25) is 11.3 Å². The lowest BCUT2D eigenvalue weighted by Crippen LogP contribution is -2.73. The van der Waals surface area contributed by atoms with Crippen LogP contribution in [0.2, 0.25) is 0 Å². The Hall–Kier alpha value is -3.95. The van der Waals surface area contributed by atoms with E-state index in [1.54, 1.807) is 0 Å². The van der Waals surface area contributed by atoms with Gasteiger partial charge in [-0.05, 0) is 20.8 Å². The number of hydrogen-bond donors (Lipinski definition) is 8. The Kier molecular flexibility index (Phi) is 9.34. The number of aliphatic hydroxyl groups excluding tert-OH is 4. The molecule has 43 heavy (non-hydrogen) atoms. The Morgan fingerprint density at radius 2 is 1.40 bits per heavy atom. The predicted molar refractivity (Wildman–Crippen MR) is 138 cm³/mol. The van der Waals surface area contributed by atoms with Crippen molar-refractivity contribution >= 4 is 17.3 Å². The largest absolute Gasteiger partial charge is 0.394 e. The smallest absolute Gasteiger partial charge is 0.331 e. The molecule has 2 aromatic rings. The lowest BCUT2D eigenvalue weighted by atomic mass is 9.69. The first-order valence-corrected chi connectivity index (χ1v) is 12.5. The van der Waals surface area contributed by atoms with Gasteiger partial charge >= 0.3 is 11.4 Å². The van der Waals surface area contributed by atoms with Crippen LogP contribution in [-0.2, 0) is 29.6 Å². The van der Waals surface area contributed by atoms with Crippen LogP contribution in [0.3, 0.4) is 0 Å². The zero-order valence-corrected chi connectivity index (χ0v) is 22.9. The van der Waals surface area contributed by atoms with Crippen LogP contribution in [0.4, 0.5) is 0 Å². The number of carbonyl (C=O) groups excluding carboxylic acids is 3. The molecule has 2 saturated heterocycles. The molecule has 0 bridgehead atoms. The Labute approximate surface area is 239 Å². The predicted octanol–water partition coefficient (Wildman–Crippen LogP) is -6.04. The summed E-state index contributed by atoms with van der Waals surface area (Å²) in [4.78, 5) is 86.7. The van der Waals surface area contributed by atoms with Crippen molar-refractivity contribution in [2.45, 2.75) is 68.3 Å². The van der Waals surface area contributed by atoms with Gasteiger partial charge in [0.05, 0.1) is 13.2 Å². The molecular weight excluding hydrogens is 584 g/mol. The standard InChI is InChI=1S/C15H18N2O9.C9H12N2O6/c1-7(19)13(24)10(6-18)26-15(9(3)21,14(13,25)8(2)20)17-5-4-11(22)16-12(17)23;12-3-4-6(14)7(15)8(17-4)11-2-1-5(13)10-9(11)16/h4-5,10,18,24-25H,6H2,1-3H3,(H,16,22,23);1-2,4,6-8,12,14-15H,3H2,(H,10,13,16)/t10-,13-,14-,15-;4-,6-,7-,8-/m11/s1. The highest BCUT2D eigenvalue weighted by molar-refractivity contribution is 6.04. The zero-order valence-electron chi connectivity index (χ0n) is 22.9. The lowest BCUT2D eigenvalue weighted by molar-refractivity contribution is -0.208.